The lowest BCUT2D eigenvalue weighted by atomic mass is 9.12. The molecule has 58 heavy (non-hydrogen) atoms. The molecule has 0 spiro atoms. The van der Waals surface area contributed by atoms with Crippen LogP contribution >= 0.6 is 0 Å². The monoisotopic (exact) mass is 861 g/mol. The van der Waals surface area contributed by atoms with Crippen molar-refractivity contribution in [2.24, 2.45) is 0 Å². The Morgan fingerprint density at radius 3 is 0.621 bits per heavy atom. The van der Waals surface area contributed by atoms with Crippen LogP contribution in [-0.4, -0.2) is 24.8 Å². The molecule has 0 radical (unpaired) electrons. The van der Waals surface area contributed by atoms with E-state index in [1.54, 1.807) is 0 Å². The smallest absolute Gasteiger partial charge is 0.200 e. The van der Waals surface area contributed by atoms with Crippen molar-refractivity contribution in [1.29, 1.82) is 0 Å². The number of nitrogens with one attached hydrogen (secondary N) is 1. The molecule has 0 amide bonds. The molecule has 2 saturated carbocycles. The first kappa shape index (κ1) is 44.6. The molecule has 0 atom stereocenters. The third kappa shape index (κ3) is 6.75. The minimum atomic E-state index is -7.22. The lowest BCUT2D eigenvalue weighted by Crippen LogP contribution is -3.18. The average molecular weight is 861 g/mol. The van der Waals surface area contributed by atoms with E-state index in [4.69, 9.17) is 0 Å². The largest absolute Gasteiger partial charge is 0.330 e. The Morgan fingerprint density at radius 2 is 0.466 bits per heavy atom. The van der Waals surface area contributed by atoms with Crippen molar-refractivity contribution in [2.45, 2.75) is 70.4 Å². The second-order valence-electron chi connectivity index (χ2n) is 13.7. The third-order valence-electron chi connectivity index (χ3n) is 10.9. The third-order valence-corrected chi connectivity index (χ3v) is 10.9. The number of quaternary nitrogens is 1. The highest BCUT2D eigenvalue weighted by Crippen LogP contribution is 2.31. The summed E-state index contributed by atoms with van der Waals surface area (Å²) in [5.41, 5.74) is -14.3. The zero-order valence-corrected chi connectivity index (χ0v) is 29.2. The van der Waals surface area contributed by atoms with Gasteiger partial charge in [0.2, 0.25) is 0 Å². The first-order valence-electron chi connectivity index (χ1n) is 17.2. The molecule has 0 heterocycles. The molecule has 0 aliphatic heterocycles. The second-order valence-corrected chi connectivity index (χ2v) is 13.7. The molecule has 4 aromatic rings. The molecule has 0 saturated heterocycles. The predicted octanol–water partition coefficient (Wildman–Crippen LogP) is 7.62. The Kier molecular flexibility index (Phi) is 12.8. The van der Waals surface area contributed by atoms with Gasteiger partial charge in [0.25, 0.3) is 0 Å². The number of hydrogen-bond donors (Lipinski definition) is 1. The molecule has 2 aliphatic rings. The fourth-order valence-electron chi connectivity index (χ4n) is 8.38. The Bertz CT molecular complexity index is 1870. The summed E-state index contributed by atoms with van der Waals surface area (Å²) in [4.78, 5) is 1.95. The van der Waals surface area contributed by atoms with Gasteiger partial charge in [-0.15, -0.1) is 21.9 Å². The van der Waals surface area contributed by atoms with Crippen LogP contribution in [0, 0.1) is 116 Å². The number of hydrogen-bond acceptors (Lipinski definition) is 0. The van der Waals surface area contributed by atoms with Crippen molar-refractivity contribution in [2.75, 3.05) is 6.54 Å². The number of benzene rings is 4. The van der Waals surface area contributed by atoms with Crippen molar-refractivity contribution in [3.05, 3.63) is 116 Å². The summed E-state index contributed by atoms with van der Waals surface area (Å²) < 4.78 is 294. The van der Waals surface area contributed by atoms with Gasteiger partial charge in [0.15, 0.2) is 69.8 Å². The van der Waals surface area contributed by atoms with E-state index < -0.39 is 144 Å². The lowest BCUT2D eigenvalue weighted by molar-refractivity contribution is -0.946. The minimum absolute atomic E-state index is 1.04. The summed E-state index contributed by atoms with van der Waals surface area (Å²) in [6.07, 6.45) is 4.84. The molecule has 2 fully saturated rings. The SMILES string of the molecule is CC[NH+](C1CCCC1)C1CCCC1.Fc1c(F)c(F)c([B-](c2c(F)c(F)c(F)c(F)c2F)(c2c(F)c(F)c(F)c(F)c2F)c2c(F)c(F)c(F)c(F)c2F)c(F)c1F. The van der Waals surface area contributed by atoms with Gasteiger partial charge in [-0.25, -0.2) is 87.8 Å². The number of halogens is 20. The van der Waals surface area contributed by atoms with Crippen LogP contribution in [0.4, 0.5) is 87.8 Å². The normalized spacial score (nSPS) is 15.2. The van der Waals surface area contributed by atoms with E-state index in [2.05, 4.69) is 6.92 Å². The van der Waals surface area contributed by atoms with Crippen molar-refractivity contribution in [3.63, 3.8) is 0 Å². The van der Waals surface area contributed by atoms with Crippen LogP contribution in [0.3, 0.4) is 0 Å². The maximum Gasteiger partial charge on any atom is 0.200 e. The summed E-state index contributed by atoms with van der Waals surface area (Å²) in [5, 5.41) is 0. The van der Waals surface area contributed by atoms with E-state index in [-0.39, 0.29) is 0 Å². The molecule has 0 bridgehead atoms. The van der Waals surface area contributed by atoms with Gasteiger partial charge in [0.1, 0.15) is 52.7 Å². The molecule has 316 valence electrons. The van der Waals surface area contributed by atoms with Gasteiger partial charge in [-0.3, -0.25) is 0 Å². The fraction of sp³-hybridized carbons (Fsp3) is 0.333. The van der Waals surface area contributed by atoms with Gasteiger partial charge in [0.05, 0.1) is 18.6 Å². The van der Waals surface area contributed by atoms with Crippen molar-refractivity contribution in [1.82, 2.24) is 0 Å². The highest BCUT2D eigenvalue weighted by atomic mass is 19.2. The van der Waals surface area contributed by atoms with E-state index in [9.17, 15) is 52.7 Å². The van der Waals surface area contributed by atoms with Crippen molar-refractivity contribution >= 4 is 28.0 Å². The molecule has 0 unspecified atom stereocenters. The first-order valence-corrected chi connectivity index (χ1v) is 17.2. The predicted molar refractivity (Wildman–Crippen MR) is 165 cm³/mol. The zero-order chi connectivity index (χ0) is 43.5. The van der Waals surface area contributed by atoms with Crippen molar-refractivity contribution in [3.8, 4) is 0 Å². The average Bonchev–Trinajstić information content (AvgIpc) is 3.95. The maximum absolute atomic E-state index is 15.4. The van der Waals surface area contributed by atoms with Gasteiger partial charge < -0.3 is 4.90 Å². The molecule has 4 aromatic carbocycles. The maximum atomic E-state index is 15.4. The van der Waals surface area contributed by atoms with Crippen LogP contribution in [-0.2, 0) is 0 Å². The lowest BCUT2D eigenvalue weighted by Gasteiger charge is -2.44. The Labute approximate surface area is 314 Å². The van der Waals surface area contributed by atoms with Gasteiger partial charge >= 0.3 is 0 Å². The van der Waals surface area contributed by atoms with Crippen molar-refractivity contribution < 1.29 is 92.7 Å². The summed E-state index contributed by atoms with van der Waals surface area (Å²) >= 11 is 0. The van der Waals surface area contributed by atoms with Crippen LogP contribution in [0.1, 0.15) is 58.3 Å². The van der Waals surface area contributed by atoms with Gasteiger partial charge in [0, 0.05) is 0 Å². The zero-order valence-electron chi connectivity index (χ0n) is 29.2. The summed E-state index contributed by atoms with van der Waals surface area (Å²) in [6, 6.07) is 2.07. The standard InChI is InChI=1S/C24BF20.C12H23N/c26-5-1(6(27)14(35)21(42)13(5)34)25(2-7(28)15(36)22(43)16(37)8(2)29,3-9(30)17(38)23(44)18(39)10(3)31)4-11(32)19(40)24(45)20(41)12(4)33;1-2-13(11-7-3-4-8-11)12-9-5-6-10-12/h;11-12H,2-10H2,1H3/q-1;/p+1. The first-order chi connectivity index (χ1) is 27.1. The topological polar surface area (TPSA) is 4.44 Å². The highest BCUT2D eigenvalue weighted by Gasteiger charge is 2.52. The molecule has 6 rings (SSSR count). The molecular formula is C36H24BF20N. The van der Waals surface area contributed by atoms with Gasteiger partial charge in [-0.2, -0.15) is 0 Å². The Balaban J connectivity index is 0.000000414. The van der Waals surface area contributed by atoms with Crippen LogP contribution < -0.4 is 26.8 Å². The van der Waals surface area contributed by atoms with E-state index in [1.165, 1.54) is 57.9 Å². The second kappa shape index (κ2) is 16.6. The quantitative estimate of drug-likeness (QED) is 0.0846. The van der Waals surface area contributed by atoms with E-state index in [1.807, 2.05) is 4.90 Å². The van der Waals surface area contributed by atoms with Crippen LogP contribution in [0.2, 0.25) is 0 Å². The molecule has 0 aromatic heterocycles. The summed E-state index contributed by atoms with van der Waals surface area (Å²) in [7, 11) is 0. The number of rotatable bonds is 7. The van der Waals surface area contributed by atoms with Crippen LogP contribution in [0.15, 0.2) is 0 Å². The molecule has 1 N–H and O–H groups in total. The molecule has 1 nitrogen and oxygen atoms in total. The van der Waals surface area contributed by atoms with E-state index in [0.29, 0.717) is 0 Å². The minimum Gasteiger partial charge on any atom is -0.330 e. The van der Waals surface area contributed by atoms with Crippen LogP contribution in [0.5, 0.6) is 0 Å². The molecule has 22 heteroatoms. The Morgan fingerprint density at radius 1 is 0.310 bits per heavy atom. The molecular weight excluding hydrogens is 837 g/mol. The van der Waals surface area contributed by atoms with Gasteiger partial charge in [-0.05, 0) is 58.3 Å². The molecule has 2 aliphatic carbocycles. The van der Waals surface area contributed by atoms with E-state index >= 15 is 35.1 Å². The Hall–Kier alpha value is -4.50. The summed E-state index contributed by atoms with van der Waals surface area (Å²) in [5.74, 6) is -71.4. The summed E-state index contributed by atoms with van der Waals surface area (Å²) in [6.45, 7) is 3.75. The highest BCUT2D eigenvalue weighted by molar-refractivity contribution is 7.20. The fourth-order valence-corrected chi connectivity index (χ4v) is 8.38. The van der Waals surface area contributed by atoms with E-state index in [0.717, 1.165) is 12.1 Å². The van der Waals surface area contributed by atoms with Crippen LogP contribution in [0.25, 0.3) is 0 Å². The van der Waals surface area contributed by atoms with Gasteiger partial charge in [-0.1, -0.05) is 0 Å².